The lowest BCUT2D eigenvalue weighted by atomic mass is 10.1. The smallest absolute Gasteiger partial charge is 0.191 e. The molecule has 1 aliphatic carbocycles. The normalized spacial score (nSPS) is 19.1. The predicted molar refractivity (Wildman–Crippen MR) is 126 cm³/mol. The third-order valence-electron chi connectivity index (χ3n) is 5.26. The molecular formula is C22H34IN3O2. The van der Waals surface area contributed by atoms with Gasteiger partial charge in [-0.2, -0.15) is 0 Å². The molecule has 0 radical (unpaired) electrons. The Morgan fingerprint density at radius 3 is 2.93 bits per heavy atom. The van der Waals surface area contributed by atoms with Gasteiger partial charge >= 0.3 is 0 Å². The Labute approximate surface area is 186 Å². The number of aryl methyl sites for hydroxylation is 1. The van der Waals surface area contributed by atoms with Crippen LogP contribution >= 0.6 is 24.0 Å². The van der Waals surface area contributed by atoms with E-state index in [1.807, 2.05) is 7.05 Å². The van der Waals surface area contributed by atoms with Gasteiger partial charge in [-0.1, -0.05) is 23.8 Å². The highest BCUT2D eigenvalue weighted by molar-refractivity contribution is 14.0. The van der Waals surface area contributed by atoms with Gasteiger partial charge < -0.3 is 20.1 Å². The van der Waals surface area contributed by atoms with Gasteiger partial charge in [-0.25, -0.2) is 0 Å². The Bertz CT molecular complexity index is 670. The number of rotatable bonds is 8. The molecule has 156 valence electrons. The highest BCUT2D eigenvalue weighted by Gasteiger charge is 2.17. The maximum Gasteiger partial charge on any atom is 0.191 e. The first-order chi connectivity index (χ1) is 13.2. The lowest BCUT2D eigenvalue weighted by Crippen LogP contribution is -2.37. The molecule has 1 saturated heterocycles. The van der Waals surface area contributed by atoms with Crippen molar-refractivity contribution in [1.29, 1.82) is 0 Å². The van der Waals surface area contributed by atoms with Gasteiger partial charge in [-0.05, 0) is 50.7 Å². The number of guanidine groups is 1. The van der Waals surface area contributed by atoms with Crippen LogP contribution in [-0.2, 0) is 11.3 Å². The SMILES string of the molecule is CN=C(NCCC1=CCCC1)NCc1ccc(C)cc1OCC1CCOC1.I. The summed E-state index contributed by atoms with van der Waals surface area (Å²) in [5.74, 6) is 2.30. The molecule has 1 aromatic rings. The van der Waals surface area contributed by atoms with E-state index in [-0.39, 0.29) is 24.0 Å². The zero-order chi connectivity index (χ0) is 18.9. The van der Waals surface area contributed by atoms with E-state index in [0.717, 1.165) is 56.5 Å². The summed E-state index contributed by atoms with van der Waals surface area (Å²) in [5, 5.41) is 6.83. The average Bonchev–Trinajstić information content (AvgIpc) is 3.37. The molecule has 1 heterocycles. The fourth-order valence-electron chi connectivity index (χ4n) is 3.57. The van der Waals surface area contributed by atoms with Crippen LogP contribution in [0.15, 0.2) is 34.8 Å². The van der Waals surface area contributed by atoms with E-state index in [2.05, 4.69) is 46.8 Å². The van der Waals surface area contributed by atoms with Crippen molar-refractivity contribution in [1.82, 2.24) is 10.6 Å². The van der Waals surface area contributed by atoms with Crippen molar-refractivity contribution in [3.8, 4) is 5.75 Å². The van der Waals surface area contributed by atoms with Crippen LogP contribution in [0.5, 0.6) is 5.75 Å². The van der Waals surface area contributed by atoms with E-state index >= 15 is 0 Å². The van der Waals surface area contributed by atoms with E-state index in [1.54, 1.807) is 5.57 Å². The third kappa shape index (κ3) is 7.28. The van der Waals surface area contributed by atoms with Crippen molar-refractivity contribution in [2.24, 2.45) is 10.9 Å². The van der Waals surface area contributed by atoms with Crippen molar-refractivity contribution in [3.63, 3.8) is 0 Å². The minimum atomic E-state index is 0. The second-order valence-electron chi connectivity index (χ2n) is 7.51. The molecule has 0 amide bonds. The molecule has 28 heavy (non-hydrogen) atoms. The summed E-state index contributed by atoms with van der Waals surface area (Å²) in [6.45, 7) is 6.10. The number of hydrogen-bond donors (Lipinski definition) is 2. The number of allylic oxidation sites excluding steroid dienone is 1. The van der Waals surface area contributed by atoms with Crippen LogP contribution in [0.2, 0.25) is 0 Å². The van der Waals surface area contributed by atoms with Crippen LogP contribution < -0.4 is 15.4 Å². The summed E-state index contributed by atoms with van der Waals surface area (Å²) >= 11 is 0. The second kappa shape index (κ2) is 12.3. The summed E-state index contributed by atoms with van der Waals surface area (Å²) in [4.78, 5) is 4.34. The molecular weight excluding hydrogens is 465 g/mol. The Kier molecular flexibility index (Phi) is 10.1. The zero-order valence-electron chi connectivity index (χ0n) is 17.1. The molecule has 0 aromatic heterocycles. The minimum absolute atomic E-state index is 0. The molecule has 1 aliphatic heterocycles. The molecule has 1 unspecified atom stereocenters. The third-order valence-corrected chi connectivity index (χ3v) is 5.26. The van der Waals surface area contributed by atoms with Gasteiger partial charge in [0.05, 0.1) is 13.2 Å². The first-order valence-corrected chi connectivity index (χ1v) is 10.2. The van der Waals surface area contributed by atoms with Gasteiger partial charge in [-0.15, -0.1) is 24.0 Å². The summed E-state index contributed by atoms with van der Waals surface area (Å²) in [6, 6.07) is 6.39. The second-order valence-corrected chi connectivity index (χ2v) is 7.51. The highest BCUT2D eigenvalue weighted by atomic mass is 127. The maximum absolute atomic E-state index is 6.13. The predicted octanol–water partition coefficient (Wildman–Crippen LogP) is 4.19. The van der Waals surface area contributed by atoms with Crippen molar-refractivity contribution in [2.45, 2.75) is 45.6 Å². The van der Waals surface area contributed by atoms with Gasteiger partial charge in [0.15, 0.2) is 5.96 Å². The number of ether oxygens (including phenoxy) is 2. The fourth-order valence-corrected chi connectivity index (χ4v) is 3.57. The molecule has 2 N–H and O–H groups in total. The first kappa shape index (κ1) is 23.0. The van der Waals surface area contributed by atoms with Crippen molar-refractivity contribution < 1.29 is 9.47 Å². The quantitative estimate of drug-likeness (QED) is 0.244. The fraction of sp³-hybridized carbons (Fsp3) is 0.591. The van der Waals surface area contributed by atoms with Gasteiger partial charge in [0.1, 0.15) is 5.75 Å². The molecule has 0 saturated carbocycles. The van der Waals surface area contributed by atoms with E-state index in [4.69, 9.17) is 9.47 Å². The Morgan fingerprint density at radius 1 is 1.32 bits per heavy atom. The molecule has 6 heteroatoms. The summed E-state index contributed by atoms with van der Waals surface area (Å²) < 4.78 is 11.6. The van der Waals surface area contributed by atoms with Crippen molar-refractivity contribution in [3.05, 3.63) is 41.0 Å². The van der Waals surface area contributed by atoms with Gasteiger partial charge in [0.2, 0.25) is 0 Å². The van der Waals surface area contributed by atoms with E-state index in [0.29, 0.717) is 12.5 Å². The minimum Gasteiger partial charge on any atom is -0.493 e. The topological polar surface area (TPSA) is 54.9 Å². The molecule has 0 bridgehead atoms. The number of nitrogens with zero attached hydrogens (tertiary/aromatic N) is 1. The van der Waals surface area contributed by atoms with Crippen LogP contribution in [0.25, 0.3) is 0 Å². The molecule has 1 aromatic carbocycles. The zero-order valence-corrected chi connectivity index (χ0v) is 19.5. The van der Waals surface area contributed by atoms with Gasteiger partial charge in [0.25, 0.3) is 0 Å². The highest BCUT2D eigenvalue weighted by Crippen LogP contribution is 2.23. The van der Waals surface area contributed by atoms with Crippen molar-refractivity contribution in [2.75, 3.05) is 33.4 Å². The Morgan fingerprint density at radius 2 is 2.21 bits per heavy atom. The molecule has 2 aliphatic rings. The molecule has 1 atom stereocenters. The standard InChI is InChI=1S/C22H33N3O2.HI/c1-17-7-8-20(21(13-17)27-16-19-10-12-26-15-19)14-25-22(23-2)24-11-9-18-5-3-4-6-18;/h5,7-8,13,19H,3-4,6,9-12,14-16H2,1-2H3,(H2,23,24,25);1H. The molecule has 3 rings (SSSR count). The lowest BCUT2D eigenvalue weighted by molar-refractivity contribution is 0.166. The summed E-state index contributed by atoms with van der Waals surface area (Å²) in [7, 11) is 1.82. The number of benzene rings is 1. The Balaban J connectivity index is 0.00000280. The largest absolute Gasteiger partial charge is 0.493 e. The number of nitrogens with one attached hydrogen (secondary N) is 2. The monoisotopic (exact) mass is 499 g/mol. The Hall–Kier alpha value is -1.28. The molecule has 0 spiro atoms. The van der Waals surface area contributed by atoms with Crippen LogP contribution in [0.1, 0.15) is 43.2 Å². The molecule has 5 nitrogen and oxygen atoms in total. The summed E-state index contributed by atoms with van der Waals surface area (Å²) in [5.41, 5.74) is 3.94. The average molecular weight is 499 g/mol. The number of hydrogen-bond acceptors (Lipinski definition) is 3. The molecule has 1 fully saturated rings. The van der Waals surface area contributed by atoms with Gasteiger partial charge in [-0.3, -0.25) is 4.99 Å². The summed E-state index contributed by atoms with van der Waals surface area (Å²) in [6.07, 6.45) is 8.37. The van der Waals surface area contributed by atoms with Crippen LogP contribution in [0.4, 0.5) is 0 Å². The van der Waals surface area contributed by atoms with E-state index in [9.17, 15) is 0 Å². The van der Waals surface area contributed by atoms with Crippen LogP contribution in [-0.4, -0.2) is 39.4 Å². The van der Waals surface area contributed by atoms with Crippen molar-refractivity contribution >= 4 is 29.9 Å². The van der Waals surface area contributed by atoms with E-state index < -0.39 is 0 Å². The van der Waals surface area contributed by atoms with E-state index in [1.165, 1.54) is 24.8 Å². The van der Waals surface area contributed by atoms with Gasteiger partial charge in [0, 0.05) is 38.2 Å². The van der Waals surface area contributed by atoms with Crippen LogP contribution in [0, 0.1) is 12.8 Å². The maximum atomic E-state index is 6.13. The number of aliphatic imine (C=N–C) groups is 1. The van der Waals surface area contributed by atoms with Crippen LogP contribution in [0.3, 0.4) is 0 Å². The lowest BCUT2D eigenvalue weighted by Gasteiger charge is -2.17. The number of halogens is 1. The first-order valence-electron chi connectivity index (χ1n) is 10.2.